The van der Waals surface area contributed by atoms with E-state index in [1.165, 1.54) is 54.5 Å². The monoisotopic (exact) mass is 504 g/mol. The third kappa shape index (κ3) is 4.88. The number of hydrogen-bond donors (Lipinski definition) is 2. The van der Waals surface area contributed by atoms with Gasteiger partial charge in [-0.25, -0.2) is 23.3 Å². The summed E-state index contributed by atoms with van der Waals surface area (Å²) in [7, 11) is -2.75. The number of anilines is 1. The molecule has 1 amide bonds. The summed E-state index contributed by atoms with van der Waals surface area (Å²) in [5.74, 6) is -1.24. The van der Waals surface area contributed by atoms with Gasteiger partial charge in [0, 0.05) is 30.4 Å². The first-order valence-electron chi connectivity index (χ1n) is 10.5. The maximum absolute atomic E-state index is 15.2. The van der Waals surface area contributed by atoms with Crippen LogP contribution in [0, 0.1) is 11.6 Å². The van der Waals surface area contributed by atoms with Gasteiger partial charge in [-0.05, 0) is 44.2 Å². The minimum Gasteiger partial charge on any atom is -0.436 e. The summed E-state index contributed by atoms with van der Waals surface area (Å²) in [5.41, 5.74) is 0.461. The normalized spacial score (nSPS) is 16.3. The van der Waals surface area contributed by atoms with Crippen molar-refractivity contribution in [2.75, 3.05) is 11.8 Å². The van der Waals surface area contributed by atoms with Gasteiger partial charge in [-0.15, -0.1) is 0 Å². The van der Waals surface area contributed by atoms with Crippen molar-refractivity contribution >= 4 is 22.0 Å². The van der Waals surface area contributed by atoms with Gasteiger partial charge in [0.25, 0.3) is 16.1 Å². The molecule has 9 nitrogen and oxygen atoms in total. The molecule has 184 valence electrons. The van der Waals surface area contributed by atoms with E-state index < -0.39 is 40.0 Å². The molecule has 1 unspecified atom stereocenters. The van der Waals surface area contributed by atoms with Crippen LogP contribution in [0.2, 0.25) is 0 Å². The summed E-state index contributed by atoms with van der Waals surface area (Å²) in [6.45, 7) is 3.36. The number of benzene rings is 2. The lowest BCUT2D eigenvalue weighted by Gasteiger charge is -2.38. The maximum Gasteiger partial charge on any atom is 0.416 e. The molecule has 2 N–H and O–H groups in total. The van der Waals surface area contributed by atoms with E-state index in [-0.39, 0.29) is 28.6 Å². The van der Waals surface area contributed by atoms with Crippen LogP contribution in [0.15, 0.2) is 54.7 Å². The SMILES string of the molecule is CNS(=O)(=O)Nc1cccc(C(C)N2C(=O)Oc3cc(Oc4ncccc4F)ccc3[C@@H]2C)c1F. The second kappa shape index (κ2) is 9.47. The van der Waals surface area contributed by atoms with Crippen LogP contribution in [-0.4, -0.2) is 31.4 Å². The summed E-state index contributed by atoms with van der Waals surface area (Å²) >= 11 is 0. The third-order valence-electron chi connectivity index (χ3n) is 5.61. The number of rotatable bonds is 7. The van der Waals surface area contributed by atoms with Crippen molar-refractivity contribution in [2.45, 2.75) is 25.9 Å². The standard InChI is InChI=1S/C23H22F2N4O5S/c1-13-16-10-9-15(33-22-18(24)7-5-11-27-22)12-20(16)34-23(30)29(13)14(2)17-6-4-8-19(21(17)25)28-35(31,32)26-3/h4-14,26,28H,1-3H3/t13-,14?/m0/s1. The molecule has 2 aromatic carbocycles. The Bertz CT molecular complexity index is 1390. The van der Waals surface area contributed by atoms with Gasteiger partial charge in [0.1, 0.15) is 11.5 Å². The van der Waals surface area contributed by atoms with E-state index in [4.69, 9.17) is 9.47 Å². The summed E-state index contributed by atoms with van der Waals surface area (Å²) in [6, 6.07) is 10.2. The number of pyridine rings is 1. The van der Waals surface area contributed by atoms with Crippen LogP contribution in [-0.2, 0) is 10.2 Å². The minimum atomic E-state index is -3.94. The van der Waals surface area contributed by atoms with Crippen LogP contribution in [0.4, 0.5) is 19.3 Å². The Kier molecular flexibility index (Phi) is 6.59. The molecule has 4 rings (SSSR count). The van der Waals surface area contributed by atoms with Crippen LogP contribution in [0.5, 0.6) is 17.4 Å². The molecule has 0 radical (unpaired) electrons. The van der Waals surface area contributed by atoms with E-state index in [2.05, 4.69) is 14.4 Å². The smallest absolute Gasteiger partial charge is 0.416 e. The Hall–Kier alpha value is -3.77. The van der Waals surface area contributed by atoms with Gasteiger partial charge in [0.2, 0.25) is 0 Å². The molecule has 35 heavy (non-hydrogen) atoms. The van der Waals surface area contributed by atoms with Crippen LogP contribution < -0.4 is 18.9 Å². The number of nitrogens with zero attached hydrogens (tertiary/aromatic N) is 2. The molecule has 1 aliphatic heterocycles. The van der Waals surface area contributed by atoms with E-state index in [9.17, 15) is 17.6 Å². The molecule has 0 aliphatic carbocycles. The van der Waals surface area contributed by atoms with E-state index in [1.54, 1.807) is 26.0 Å². The first-order valence-corrected chi connectivity index (χ1v) is 12.0. The van der Waals surface area contributed by atoms with Gasteiger partial charge in [0.15, 0.2) is 11.6 Å². The first kappa shape index (κ1) is 24.4. The van der Waals surface area contributed by atoms with E-state index in [0.717, 1.165) is 0 Å². The number of amides is 1. The molecule has 1 aromatic heterocycles. The fourth-order valence-corrected chi connectivity index (χ4v) is 4.36. The van der Waals surface area contributed by atoms with Crippen LogP contribution in [0.25, 0.3) is 0 Å². The Morgan fingerprint density at radius 1 is 1.17 bits per heavy atom. The molecule has 0 fully saturated rings. The van der Waals surface area contributed by atoms with Gasteiger partial charge < -0.3 is 9.47 Å². The van der Waals surface area contributed by atoms with E-state index in [1.807, 2.05) is 0 Å². The Morgan fingerprint density at radius 3 is 2.66 bits per heavy atom. The van der Waals surface area contributed by atoms with Crippen molar-refractivity contribution in [3.8, 4) is 17.4 Å². The second-order valence-corrected chi connectivity index (χ2v) is 9.36. The van der Waals surface area contributed by atoms with Crippen LogP contribution in [0.1, 0.15) is 37.1 Å². The molecular weight excluding hydrogens is 482 g/mol. The predicted molar refractivity (Wildman–Crippen MR) is 123 cm³/mol. The van der Waals surface area contributed by atoms with E-state index >= 15 is 4.39 Å². The van der Waals surface area contributed by atoms with Crippen molar-refractivity contribution in [3.05, 3.63) is 77.5 Å². The summed E-state index contributed by atoms with van der Waals surface area (Å²) < 4.78 is 67.8. The number of hydrogen-bond acceptors (Lipinski definition) is 6. The Labute approximate surface area is 200 Å². The molecule has 0 saturated carbocycles. The molecule has 3 aromatic rings. The molecule has 0 bridgehead atoms. The average Bonchev–Trinajstić information content (AvgIpc) is 2.81. The highest BCUT2D eigenvalue weighted by Crippen LogP contribution is 2.42. The van der Waals surface area contributed by atoms with Gasteiger partial charge in [0.05, 0.1) is 17.8 Å². The highest BCUT2D eigenvalue weighted by Gasteiger charge is 2.37. The second-order valence-electron chi connectivity index (χ2n) is 7.74. The van der Waals surface area contributed by atoms with Crippen LogP contribution in [0.3, 0.4) is 0 Å². The average molecular weight is 505 g/mol. The predicted octanol–water partition coefficient (Wildman–Crippen LogP) is 4.66. The topological polar surface area (TPSA) is 110 Å². The first-order chi connectivity index (χ1) is 16.6. The highest BCUT2D eigenvalue weighted by atomic mass is 32.2. The highest BCUT2D eigenvalue weighted by molar-refractivity contribution is 7.90. The zero-order chi connectivity index (χ0) is 25.3. The zero-order valence-electron chi connectivity index (χ0n) is 19.0. The minimum absolute atomic E-state index is 0.0964. The molecule has 2 heterocycles. The maximum atomic E-state index is 15.2. The van der Waals surface area contributed by atoms with Crippen LogP contribution >= 0.6 is 0 Å². The molecule has 0 spiro atoms. The number of carbonyl (C=O) groups excluding carboxylic acids is 1. The van der Waals surface area contributed by atoms with E-state index in [0.29, 0.717) is 5.56 Å². The lowest BCUT2D eigenvalue weighted by Crippen LogP contribution is -2.41. The zero-order valence-corrected chi connectivity index (χ0v) is 19.8. The molecular formula is C23H22F2N4O5S. The van der Waals surface area contributed by atoms with Crippen molar-refractivity contribution < 1.29 is 31.5 Å². The molecule has 1 aliphatic rings. The van der Waals surface area contributed by atoms with Crippen molar-refractivity contribution in [1.29, 1.82) is 0 Å². The van der Waals surface area contributed by atoms with Crippen molar-refractivity contribution in [3.63, 3.8) is 0 Å². The van der Waals surface area contributed by atoms with Gasteiger partial charge >= 0.3 is 6.09 Å². The summed E-state index contributed by atoms with van der Waals surface area (Å²) in [6.07, 6.45) is 0.648. The third-order valence-corrected chi connectivity index (χ3v) is 6.63. The lowest BCUT2D eigenvalue weighted by molar-refractivity contribution is 0.0981. The fraction of sp³-hybridized carbons (Fsp3) is 0.217. The van der Waals surface area contributed by atoms with Gasteiger partial charge in [-0.2, -0.15) is 8.42 Å². The quantitative estimate of drug-likeness (QED) is 0.484. The number of carbonyl (C=O) groups is 1. The number of halogens is 2. The number of nitrogens with one attached hydrogen (secondary N) is 2. The fourth-order valence-electron chi connectivity index (χ4n) is 3.81. The van der Waals surface area contributed by atoms with Gasteiger partial charge in [-0.3, -0.25) is 9.62 Å². The summed E-state index contributed by atoms with van der Waals surface area (Å²) in [4.78, 5) is 18.1. The molecule has 12 heteroatoms. The summed E-state index contributed by atoms with van der Waals surface area (Å²) in [5, 5.41) is 0. The number of ether oxygens (including phenoxy) is 2. The lowest BCUT2D eigenvalue weighted by atomic mass is 9.99. The number of fused-ring (bicyclic) bond motifs is 1. The number of aromatic nitrogens is 1. The van der Waals surface area contributed by atoms with Crippen molar-refractivity contribution in [1.82, 2.24) is 14.6 Å². The Balaban J connectivity index is 1.61. The Morgan fingerprint density at radius 2 is 1.94 bits per heavy atom. The largest absolute Gasteiger partial charge is 0.436 e. The molecule has 0 saturated heterocycles. The van der Waals surface area contributed by atoms with Crippen molar-refractivity contribution in [2.24, 2.45) is 0 Å². The molecule has 2 atom stereocenters. The van der Waals surface area contributed by atoms with Gasteiger partial charge in [-0.1, -0.05) is 12.1 Å².